The molecule has 7 rings (SSSR count). The molecule has 0 atom stereocenters. The SMILES string of the molecule is O=S(=O)(Nc1cccc(-c2nc(-c3ccc(F)c(Cl)c3)sc2-c2ccnc(Nc3ccc(N4CCOCC4)nc3)n2)c1F)c1c(F)cccc1F. The van der Waals surface area contributed by atoms with Crippen molar-refractivity contribution in [1.29, 1.82) is 0 Å². The first-order valence-electron chi connectivity index (χ1n) is 15.2. The third-order valence-corrected chi connectivity index (χ3v) is 10.5. The maximum atomic E-state index is 16.3. The highest BCUT2D eigenvalue weighted by molar-refractivity contribution is 7.92. The summed E-state index contributed by atoms with van der Waals surface area (Å²) >= 11 is 7.15. The van der Waals surface area contributed by atoms with E-state index in [-0.39, 0.29) is 22.2 Å². The van der Waals surface area contributed by atoms with Crippen molar-refractivity contribution < 1.29 is 30.7 Å². The van der Waals surface area contributed by atoms with Crippen LogP contribution in [0.3, 0.4) is 0 Å². The summed E-state index contributed by atoms with van der Waals surface area (Å²) in [6.07, 6.45) is 3.13. The van der Waals surface area contributed by atoms with E-state index >= 15 is 4.39 Å². The van der Waals surface area contributed by atoms with Gasteiger partial charge in [-0.25, -0.2) is 45.9 Å². The van der Waals surface area contributed by atoms with Gasteiger partial charge in [0.25, 0.3) is 10.0 Å². The summed E-state index contributed by atoms with van der Waals surface area (Å²) in [6.45, 7) is 2.70. The van der Waals surface area contributed by atoms with Gasteiger partial charge in [-0.05, 0) is 60.7 Å². The number of benzene rings is 3. The molecule has 1 saturated heterocycles. The molecule has 0 aliphatic carbocycles. The molecule has 0 spiro atoms. The normalized spacial score (nSPS) is 13.3. The summed E-state index contributed by atoms with van der Waals surface area (Å²) in [5.41, 5.74) is 0.644. The number of halogens is 5. The zero-order chi connectivity index (χ0) is 35.7. The molecule has 1 fully saturated rings. The number of aromatic nitrogens is 4. The molecule has 6 aromatic rings. The third-order valence-electron chi connectivity index (χ3n) is 7.71. The first-order chi connectivity index (χ1) is 24.6. The first kappa shape index (κ1) is 34.3. The number of rotatable bonds is 9. The van der Waals surface area contributed by atoms with Gasteiger partial charge in [-0.3, -0.25) is 4.72 Å². The smallest absolute Gasteiger partial charge is 0.267 e. The number of ether oxygens (including phenoxy) is 1. The Kier molecular flexibility index (Phi) is 9.56. The van der Waals surface area contributed by atoms with Gasteiger partial charge in [-0.2, -0.15) is 0 Å². The molecule has 0 saturated carbocycles. The zero-order valence-electron chi connectivity index (χ0n) is 26.1. The number of nitrogens with zero attached hydrogens (tertiary/aromatic N) is 5. The van der Waals surface area contributed by atoms with Gasteiger partial charge in [0.05, 0.1) is 52.1 Å². The topological polar surface area (TPSA) is 122 Å². The summed E-state index contributed by atoms with van der Waals surface area (Å²) in [5.74, 6) is -3.43. The van der Waals surface area contributed by atoms with Crippen molar-refractivity contribution in [2.24, 2.45) is 0 Å². The van der Waals surface area contributed by atoms with Crippen LogP contribution in [0.1, 0.15) is 0 Å². The number of hydrogen-bond acceptors (Lipinski definition) is 10. The molecule has 17 heteroatoms. The molecule has 51 heavy (non-hydrogen) atoms. The van der Waals surface area contributed by atoms with Crippen LogP contribution in [0.2, 0.25) is 5.02 Å². The van der Waals surface area contributed by atoms with E-state index in [1.54, 1.807) is 12.3 Å². The molecule has 4 heterocycles. The third kappa shape index (κ3) is 7.21. The van der Waals surface area contributed by atoms with E-state index in [0.717, 1.165) is 54.5 Å². The molecular weight excluding hydrogens is 730 g/mol. The van der Waals surface area contributed by atoms with Crippen molar-refractivity contribution in [2.75, 3.05) is 41.2 Å². The number of thiazole rings is 1. The Morgan fingerprint density at radius 1 is 0.863 bits per heavy atom. The number of sulfonamides is 1. The van der Waals surface area contributed by atoms with Crippen LogP contribution in [0.25, 0.3) is 32.4 Å². The van der Waals surface area contributed by atoms with Crippen molar-refractivity contribution >= 4 is 56.1 Å². The van der Waals surface area contributed by atoms with E-state index in [1.807, 2.05) is 16.9 Å². The Balaban J connectivity index is 1.26. The summed E-state index contributed by atoms with van der Waals surface area (Å²) in [7, 11) is -4.90. The van der Waals surface area contributed by atoms with Crippen molar-refractivity contribution in [2.45, 2.75) is 4.90 Å². The van der Waals surface area contributed by atoms with Gasteiger partial charge in [0.1, 0.15) is 28.3 Å². The Morgan fingerprint density at radius 3 is 2.35 bits per heavy atom. The molecule has 2 N–H and O–H groups in total. The van der Waals surface area contributed by atoms with Crippen molar-refractivity contribution in [3.05, 3.63) is 113 Å². The minimum absolute atomic E-state index is 0.0484. The Hall–Kier alpha value is -5.16. The van der Waals surface area contributed by atoms with Crippen molar-refractivity contribution in [3.63, 3.8) is 0 Å². The zero-order valence-corrected chi connectivity index (χ0v) is 28.5. The predicted molar refractivity (Wildman–Crippen MR) is 187 cm³/mol. The van der Waals surface area contributed by atoms with Crippen LogP contribution >= 0.6 is 22.9 Å². The summed E-state index contributed by atoms with van der Waals surface area (Å²) in [4.78, 5) is 19.3. The van der Waals surface area contributed by atoms with Crippen LogP contribution in [0.5, 0.6) is 0 Å². The van der Waals surface area contributed by atoms with E-state index in [1.165, 1.54) is 36.5 Å². The van der Waals surface area contributed by atoms with E-state index in [0.29, 0.717) is 40.0 Å². The molecule has 260 valence electrons. The highest BCUT2D eigenvalue weighted by atomic mass is 35.5. The Bertz CT molecular complexity index is 2340. The Labute approximate surface area is 297 Å². The second kappa shape index (κ2) is 14.2. The predicted octanol–water partition coefficient (Wildman–Crippen LogP) is 7.92. The maximum absolute atomic E-state index is 16.3. The van der Waals surface area contributed by atoms with E-state index in [2.05, 4.69) is 30.2 Å². The molecule has 0 unspecified atom stereocenters. The molecule has 3 aromatic carbocycles. The van der Waals surface area contributed by atoms with Gasteiger partial charge < -0.3 is 15.0 Å². The van der Waals surface area contributed by atoms with Crippen LogP contribution in [-0.2, 0) is 14.8 Å². The molecule has 1 aliphatic rings. The van der Waals surface area contributed by atoms with Gasteiger partial charge in [-0.1, -0.05) is 23.7 Å². The molecule has 1 aliphatic heterocycles. The number of hydrogen-bond donors (Lipinski definition) is 2. The lowest BCUT2D eigenvalue weighted by atomic mass is 10.1. The highest BCUT2D eigenvalue weighted by Crippen LogP contribution is 2.42. The van der Waals surface area contributed by atoms with E-state index in [9.17, 15) is 21.6 Å². The quantitative estimate of drug-likeness (QED) is 0.142. The van der Waals surface area contributed by atoms with Crippen molar-refractivity contribution in [3.8, 4) is 32.4 Å². The molecule has 0 amide bonds. The lowest BCUT2D eigenvalue weighted by Gasteiger charge is -2.27. The highest BCUT2D eigenvalue weighted by Gasteiger charge is 2.27. The van der Waals surface area contributed by atoms with Gasteiger partial charge in [0.15, 0.2) is 10.7 Å². The minimum atomic E-state index is -4.90. The number of nitrogens with one attached hydrogen (secondary N) is 2. The van der Waals surface area contributed by atoms with E-state index in [4.69, 9.17) is 16.3 Å². The molecule has 10 nitrogen and oxygen atoms in total. The average molecular weight is 754 g/mol. The average Bonchev–Trinajstić information content (AvgIpc) is 3.56. The van der Waals surface area contributed by atoms with Crippen molar-refractivity contribution in [1.82, 2.24) is 19.9 Å². The monoisotopic (exact) mass is 753 g/mol. The summed E-state index contributed by atoms with van der Waals surface area (Å²) < 4.78 is 92.5. The molecular formula is C34H24ClF4N7O3S2. The maximum Gasteiger partial charge on any atom is 0.267 e. The van der Waals surface area contributed by atoms with Crippen LogP contribution in [-0.4, -0.2) is 54.7 Å². The lowest BCUT2D eigenvalue weighted by Crippen LogP contribution is -2.36. The van der Waals surface area contributed by atoms with Crippen LogP contribution in [0, 0.1) is 23.3 Å². The second-order valence-electron chi connectivity index (χ2n) is 11.0. The van der Waals surface area contributed by atoms with Crippen LogP contribution < -0.4 is 14.9 Å². The summed E-state index contributed by atoms with van der Waals surface area (Å²) in [6, 6.07) is 15.6. The summed E-state index contributed by atoms with van der Waals surface area (Å²) in [5, 5.41) is 3.27. The van der Waals surface area contributed by atoms with Gasteiger partial charge >= 0.3 is 0 Å². The second-order valence-corrected chi connectivity index (χ2v) is 14.1. The fraction of sp³-hybridized carbons (Fsp3) is 0.118. The number of pyridine rings is 1. The molecule has 0 bridgehead atoms. The molecule has 3 aromatic heterocycles. The number of anilines is 4. The Morgan fingerprint density at radius 2 is 1.63 bits per heavy atom. The van der Waals surface area contributed by atoms with Gasteiger partial charge in [0.2, 0.25) is 5.95 Å². The van der Waals surface area contributed by atoms with E-state index < -0.39 is 43.9 Å². The van der Waals surface area contributed by atoms with Gasteiger partial charge in [-0.15, -0.1) is 11.3 Å². The minimum Gasteiger partial charge on any atom is -0.378 e. The number of morpholine rings is 1. The standard InChI is InChI=1S/C34H24ClF4N7O3S2/c35-22-17-19(7-9-23(22)36)33-44-30(21-3-1-6-26(29(21)39)45-51(47,48)32-24(37)4-2-5-25(32)38)31(50-33)27-11-12-40-34(43-27)42-20-8-10-28(41-18-20)46-13-15-49-16-14-46/h1-12,17-18,45H,13-16H2,(H,40,42,43). The first-order valence-corrected chi connectivity index (χ1v) is 17.9. The fourth-order valence-electron chi connectivity index (χ4n) is 5.27. The molecule has 0 radical (unpaired) electrons. The lowest BCUT2D eigenvalue weighted by molar-refractivity contribution is 0.122. The van der Waals surface area contributed by atoms with Crippen LogP contribution in [0.4, 0.5) is 40.7 Å². The van der Waals surface area contributed by atoms with Crippen LogP contribution in [0.15, 0.2) is 90.1 Å². The fourth-order valence-corrected chi connectivity index (χ4v) is 7.70. The largest absolute Gasteiger partial charge is 0.378 e. The van der Waals surface area contributed by atoms with Gasteiger partial charge in [0, 0.05) is 30.4 Å².